The van der Waals surface area contributed by atoms with Crippen LogP contribution in [0.25, 0.3) is 0 Å². The van der Waals surface area contributed by atoms with Crippen molar-refractivity contribution in [2.24, 2.45) is 5.73 Å². The zero-order chi connectivity index (χ0) is 10.3. The molecule has 0 aromatic carbocycles. The predicted octanol–water partition coefficient (Wildman–Crippen LogP) is 1.31. The molecule has 1 amide bonds. The first-order valence-electron chi connectivity index (χ1n) is 4.19. The van der Waals surface area contributed by atoms with Crippen LogP contribution in [0.3, 0.4) is 0 Å². The molecule has 1 atom stereocenters. The maximum atomic E-state index is 10.6. The maximum absolute atomic E-state index is 10.6. The molecule has 0 saturated heterocycles. The summed E-state index contributed by atoms with van der Waals surface area (Å²) in [4.78, 5) is 20.7. The number of carbonyl (C=O) groups is 2. The lowest BCUT2D eigenvalue weighted by Crippen LogP contribution is -2.22. The Morgan fingerprint density at radius 1 is 1.31 bits per heavy atom. The second kappa shape index (κ2) is 7.11. The quantitative estimate of drug-likeness (QED) is 0.422. The van der Waals surface area contributed by atoms with E-state index in [4.69, 9.17) is 10.8 Å². The third-order valence-corrected chi connectivity index (χ3v) is 2.89. The van der Waals surface area contributed by atoms with E-state index in [2.05, 4.69) is 0 Å². The molecule has 13 heavy (non-hydrogen) atoms. The number of amides is 1. The number of aliphatic carboxylic acids is 1. The van der Waals surface area contributed by atoms with Crippen molar-refractivity contribution >= 4 is 34.5 Å². The Hall–Kier alpha value is -0.330. The summed E-state index contributed by atoms with van der Waals surface area (Å²) in [7, 11) is 0. The van der Waals surface area contributed by atoms with Gasteiger partial charge in [0.2, 0.25) is 5.91 Å². The number of alkyl halides is 1. The van der Waals surface area contributed by atoms with Crippen LogP contribution in [0.15, 0.2) is 0 Å². The van der Waals surface area contributed by atoms with Crippen LogP contribution in [-0.4, -0.2) is 20.9 Å². The summed E-state index contributed by atoms with van der Waals surface area (Å²) in [6, 6.07) is 0. The van der Waals surface area contributed by atoms with Gasteiger partial charge in [-0.05, 0) is 12.8 Å². The summed E-state index contributed by atoms with van der Waals surface area (Å²) in [5.41, 5.74) is 5.06. The van der Waals surface area contributed by atoms with E-state index in [9.17, 15) is 9.59 Å². The molecule has 0 bridgehead atoms. The average molecular weight is 299 g/mol. The van der Waals surface area contributed by atoms with Gasteiger partial charge in [-0.1, -0.05) is 35.4 Å². The van der Waals surface area contributed by atoms with E-state index >= 15 is 0 Å². The van der Waals surface area contributed by atoms with Gasteiger partial charge in [-0.15, -0.1) is 0 Å². The summed E-state index contributed by atoms with van der Waals surface area (Å²) in [5.74, 6) is -1.06. The molecule has 0 radical (unpaired) electrons. The van der Waals surface area contributed by atoms with Gasteiger partial charge in [0.25, 0.3) is 0 Å². The topological polar surface area (TPSA) is 80.4 Å². The third-order valence-electron chi connectivity index (χ3n) is 1.66. The molecule has 0 aromatic heterocycles. The van der Waals surface area contributed by atoms with Crippen molar-refractivity contribution in [3.05, 3.63) is 0 Å². The van der Waals surface area contributed by atoms with Crippen LogP contribution >= 0.6 is 22.6 Å². The molecule has 0 heterocycles. The van der Waals surface area contributed by atoms with Crippen molar-refractivity contribution < 1.29 is 14.7 Å². The van der Waals surface area contributed by atoms with Crippen LogP contribution in [0.2, 0.25) is 0 Å². The van der Waals surface area contributed by atoms with Crippen molar-refractivity contribution in [1.29, 1.82) is 0 Å². The summed E-state index contributed by atoms with van der Waals surface area (Å²) in [5, 5.41) is 8.33. The number of hydrogen-bond donors (Lipinski definition) is 2. The Labute approximate surface area is 91.0 Å². The Morgan fingerprint density at radius 3 is 2.38 bits per heavy atom. The van der Waals surface area contributed by atoms with Crippen LogP contribution < -0.4 is 5.73 Å². The summed E-state index contributed by atoms with van der Waals surface area (Å²) < 4.78 is -0.123. The van der Waals surface area contributed by atoms with Crippen molar-refractivity contribution in [2.45, 2.75) is 36.0 Å². The molecule has 0 aliphatic heterocycles. The number of nitrogens with two attached hydrogens (primary N) is 1. The van der Waals surface area contributed by atoms with Gasteiger partial charge in [0.15, 0.2) is 0 Å². The summed E-state index contributed by atoms with van der Waals surface area (Å²) >= 11 is 2.01. The minimum atomic E-state index is -0.763. The predicted molar refractivity (Wildman–Crippen MR) is 57.7 cm³/mol. The van der Waals surface area contributed by atoms with Crippen molar-refractivity contribution in [3.63, 3.8) is 0 Å². The number of rotatable bonds is 7. The molecule has 3 N–H and O–H groups in total. The van der Waals surface area contributed by atoms with E-state index in [0.717, 1.165) is 19.3 Å². The normalized spacial score (nSPS) is 12.4. The van der Waals surface area contributed by atoms with E-state index < -0.39 is 5.97 Å². The highest BCUT2D eigenvalue weighted by Gasteiger charge is 2.09. The van der Waals surface area contributed by atoms with E-state index in [1.807, 2.05) is 22.6 Å². The third kappa shape index (κ3) is 8.01. The van der Waals surface area contributed by atoms with Gasteiger partial charge in [0, 0.05) is 6.42 Å². The minimum absolute atomic E-state index is 0.123. The monoisotopic (exact) mass is 299 g/mol. The van der Waals surface area contributed by atoms with E-state index in [-0.39, 0.29) is 16.3 Å². The van der Waals surface area contributed by atoms with Crippen LogP contribution in [0.5, 0.6) is 0 Å². The average Bonchev–Trinajstić information content (AvgIpc) is 2.02. The fraction of sp³-hybridized carbons (Fsp3) is 0.750. The molecule has 0 aliphatic rings. The SMILES string of the molecule is NC(=O)C(I)CCCCCC(=O)O. The Bertz CT molecular complexity index is 184. The molecule has 1 unspecified atom stereocenters. The van der Waals surface area contributed by atoms with E-state index in [0.29, 0.717) is 6.42 Å². The second-order valence-electron chi connectivity index (χ2n) is 2.86. The molecule has 0 aromatic rings. The van der Waals surface area contributed by atoms with Gasteiger partial charge in [-0.3, -0.25) is 9.59 Å². The molecule has 0 aliphatic carbocycles. The highest BCUT2D eigenvalue weighted by atomic mass is 127. The van der Waals surface area contributed by atoms with E-state index in [1.165, 1.54) is 0 Å². The fourth-order valence-electron chi connectivity index (χ4n) is 0.919. The summed E-state index contributed by atoms with van der Waals surface area (Å²) in [6.45, 7) is 0. The van der Waals surface area contributed by atoms with Crippen LogP contribution in [0, 0.1) is 0 Å². The smallest absolute Gasteiger partial charge is 0.303 e. The number of carboxylic acids is 1. The van der Waals surface area contributed by atoms with Crippen molar-refractivity contribution in [2.75, 3.05) is 0 Å². The molecular formula is C8H14INO3. The first kappa shape index (κ1) is 12.7. The van der Waals surface area contributed by atoms with Crippen LogP contribution in [0.1, 0.15) is 32.1 Å². The lowest BCUT2D eigenvalue weighted by atomic mass is 10.1. The Kier molecular flexibility index (Phi) is 6.93. The number of hydrogen-bond acceptors (Lipinski definition) is 2. The Morgan fingerprint density at radius 2 is 1.92 bits per heavy atom. The van der Waals surface area contributed by atoms with Crippen LogP contribution in [0.4, 0.5) is 0 Å². The van der Waals surface area contributed by atoms with E-state index in [1.54, 1.807) is 0 Å². The van der Waals surface area contributed by atoms with Crippen molar-refractivity contribution in [3.8, 4) is 0 Å². The molecule has 0 rings (SSSR count). The lowest BCUT2D eigenvalue weighted by molar-refractivity contribution is -0.137. The maximum Gasteiger partial charge on any atom is 0.303 e. The van der Waals surface area contributed by atoms with Gasteiger partial charge >= 0.3 is 5.97 Å². The first-order chi connectivity index (χ1) is 6.04. The van der Waals surface area contributed by atoms with Gasteiger partial charge in [0.1, 0.15) is 0 Å². The molecule has 0 fully saturated rings. The second-order valence-corrected chi connectivity index (χ2v) is 4.37. The summed E-state index contributed by atoms with van der Waals surface area (Å²) in [6.07, 6.45) is 3.35. The molecule has 0 saturated carbocycles. The number of carboxylic acid groups (broad SMARTS) is 1. The highest BCUT2D eigenvalue weighted by molar-refractivity contribution is 14.1. The minimum Gasteiger partial charge on any atom is -0.481 e. The van der Waals surface area contributed by atoms with Gasteiger partial charge in [0.05, 0.1) is 3.92 Å². The first-order valence-corrected chi connectivity index (χ1v) is 5.43. The van der Waals surface area contributed by atoms with Crippen LogP contribution in [-0.2, 0) is 9.59 Å². The van der Waals surface area contributed by atoms with Gasteiger partial charge < -0.3 is 10.8 Å². The largest absolute Gasteiger partial charge is 0.481 e. The fourth-order valence-corrected chi connectivity index (χ4v) is 1.36. The van der Waals surface area contributed by atoms with Gasteiger partial charge in [-0.2, -0.15) is 0 Å². The van der Waals surface area contributed by atoms with Gasteiger partial charge in [-0.25, -0.2) is 0 Å². The standard InChI is InChI=1S/C8H14INO3/c9-6(8(10)13)4-2-1-3-5-7(11)12/h6H,1-5H2,(H2,10,13)(H,11,12). The lowest BCUT2D eigenvalue weighted by Gasteiger charge is -2.03. The molecule has 0 spiro atoms. The Balaban J connectivity index is 3.26. The molecule has 4 nitrogen and oxygen atoms in total. The number of unbranched alkanes of at least 4 members (excludes halogenated alkanes) is 2. The molecule has 76 valence electrons. The zero-order valence-electron chi connectivity index (χ0n) is 7.33. The van der Waals surface area contributed by atoms with Crippen molar-refractivity contribution in [1.82, 2.24) is 0 Å². The highest BCUT2D eigenvalue weighted by Crippen LogP contribution is 2.11. The number of primary amides is 1. The molecular weight excluding hydrogens is 285 g/mol. The molecule has 5 heteroatoms. The zero-order valence-corrected chi connectivity index (χ0v) is 9.49. The number of halogens is 1. The number of carbonyl (C=O) groups excluding carboxylic acids is 1.